The summed E-state index contributed by atoms with van der Waals surface area (Å²) in [6.45, 7) is 6.17. The van der Waals surface area contributed by atoms with E-state index in [0.717, 1.165) is 12.1 Å². The van der Waals surface area contributed by atoms with Gasteiger partial charge in [-0.25, -0.2) is 4.39 Å². The third kappa shape index (κ3) is 5.60. The molecule has 1 heterocycles. The van der Waals surface area contributed by atoms with Crippen molar-refractivity contribution in [2.45, 2.75) is 20.0 Å². The second kappa shape index (κ2) is 9.42. The third-order valence-electron chi connectivity index (χ3n) is 3.75. The Bertz CT molecular complexity index is 529. The highest BCUT2D eigenvalue weighted by atomic mass is 35.5. The van der Waals surface area contributed by atoms with Crippen molar-refractivity contribution < 1.29 is 13.9 Å². The fourth-order valence-electron chi connectivity index (χ4n) is 2.46. The molecule has 23 heavy (non-hydrogen) atoms. The zero-order valence-corrected chi connectivity index (χ0v) is 14.8. The zero-order valence-electron chi connectivity index (χ0n) is 13.3. The van der Waals surface area contributed by atoms with Crippen LogP contribution in [0.1, 0.15) is 25.5 Å². The van der Waals surface area contributed by atoms with Gasteiger partial charge in [-0.3, -0.25) is 4.79 Å². The van der Waals surface area contributed by atoms with Crippen LogP contribution < -0.4 is 10.6 Å². The quantitative estimate of drug-likeness (QED) is 0.863. The van der Waals surface area contributed by atoms with E-state index in [4.69, 9.17) is 16.3 Å². The van der Waals surface area contributed by atoms with E-state index >= 15 is 0 Å². The summed E-state index contributed by atoms with van der Waals surface area (Å²) in [6.07, 6.45) is -0.269. The van der Waals surface area contributed by atoms with Gasteiger partial charge in [0.2, 0.25) is 5.91 Å². The number of benzene rings is 1. The molecule has 0 unspecified atom stereocenters. The van der Waals surface area contributed by atoms with Gasteiger partial charge in [-0.15, -0.1) is 12.4 Å². The normalized spacial score (nSPS) is 21.4. The number of carbonyl (C=O) groups excluding carboxylic acids is 1. The maximum atomic E-state index is 13.7. The highest BCUT2D eigenvalue weighted by molar-refractivity contribution is 6.30. The number of halogens is 3. The minimum absolute atomic E-state index is 0. The average molecular weight is 365 g/mol. The van der Waals surface area contributed by atoms with Crippen molar-refractivity contribution in [1.82, 2.24) is 10.6 Å². The third-order valence-corrected chi connectivity index (χ3v) is 4.05. The van der Waals surface area contributed by atoms with E-state index in [1.54, 1.807) is 6.07 Å². The molecule has 2 N–H and O–H groups in total. The molecule has 130 valence electrons. The molecule has 0 aromatic heterocycles. The second-order valence-corrected chi connectivity index (χ2v) is 6.24. The van der Waals surface area contributed by atoms with Crippen LogP contribution in [0.4, 0.5) is 4.39 Å². The molecule has 1 aliphatic rings. The molecule has 1 saturated heterocycles. The Morgan fingerprint density at radius 2 is 2.26 bits per heavy atom. The first-order valence-corrected chi connectivity index (χ1v) is 7.92. The maximum Gasteiger partial charge on any atom is 0.222 e. The van der Waals surface area contributed by atoms with Crippen LogP contribution in [0.5, 0.6) is 0 Å². The van der Waals surface area contributed by atoms with Gasteiger partial charge in [0.05, 0.1) is 17.7 Å². The molecule has 0 bridgehead atoms. The van der Waals surface area contributed by atoms with E-state index in [2.05, 4.69) is 10.6 Å². The van der Waals surface area contributed by atoms with Crippen molar-refractivity contribution in [3.8, 4) is 0 Å². The standard InChI is InChI=1S/C16H22ClFN2O2.ClH/c1-10(2)16(21)20-9-12-8-19-5-6-22-15(12)11-3-4-13(17)14(18)7-11;/h3-4,7,10,12,15,19H,5-6,8-9H2,1-2H3,(H,20,21);1H/t12-,15-;/m0./s1. The molecule has 1 aromatic carbocycles. The molecule has 1 amide bonds. The Kier molecular flexibility index (Phi) is 8.26. The lowest BCUT2D eigenvalue weighted by atomic mass is 9.95. The lowest BCUT2D eigenvalue weighted by molar-refractivity contribution is -0.124. The van der Waals surface area contributed by atoms with Gasteiger partial charge < -0.3 is 15.4 Å². The summed E-state index contributed by atoms with van der Waals surface area (Å²) < 4.78 is 19.6. The minimum atomic E-state index is -0.454. The number of nitrogens with one attached hydrogen (secondary N) is 2. The maximum absolute atomic E-state index is 13.7. The van der Waals surface area contributed by atoms with Crippen LogP contribution in [0.2, 0.25) is 5.02 Å². The zero-order chi connectivity index (χ0) is 16.1. The van der Waals surface area contributed by atoms with E-state index in [1.807, 2.05) is 13.8 Å². The van der Waals surface area contributed by atoms with E-state index in [0.29, 0.717) is 19.7 Å². The van der Waals surface area contributed by atoms with E-state index in [9.17, 15) is 9.18 Å². The lowest BCUT2D eigenvalue weighted by Crippen LogP contribution is -2.38. The molecule has 0 saturated carbocycles. The average Bonchev–Trinajstić information content (AvgIpc) is 2.73. The Hall–Kier alpha value is -0.880. The number of carbonyl (C=O) groups is 1. The number of rotatable bonds is 4. The first-order chi connectivity index (χ1) is 10.5. The molecular weight excluding hydrogens is 342 g/mol. The molecule has 2 rings (SSSR count). The molecular formula is C16H23Cl2FN2O2. The number of ether oxygens (including phenoxy) is 1. The highest BCUT2D eigenvalue weighted by Gasteiger charge is 2.27. The van der Waals surface area contributed by atoms with Gasteiger partial charge in [0.25, 0.3) is 0 Å². The molecule has 4 nitrogen and oxygen atoms in total. The summed E-state index contributed by atoms with van der Waals surface area (Å²) in [5.41, 5.74) is 0.745. The molecule has 0 spiro atoms. The largest absolute Gasteiger partial charge is 0.372 e. The van der Waals surface area contributed by atoms with E-state index in [1.165, 1.54) is 12.1 Å². The van der Waals surface area contributed by atoms with Crippen LogP contribution in [0.15, 0.2) is 18.2 Å². The number of amides is 1. The van der Waals surface area contributed by atoms with E-state index in [-0.39, 0.29) is 41.3 Å². The molecule has 1 fully saturated rings. The highest BCUT2D eigenvalue weighted by Crippen LogP contribution is 2.29. The van der Waals surface area contributed by atoms with Crippen LogP contribution in [0.25, 0.3) is 0 Å². The fourth-order valence-corrected chi connectivity index (χ4v) is 2.58. The van der Waals surface area contributed by atoms with Crippen molar-refractivity contribution in [2.24, 2.45) is 11.8 Å². The van der Waals surface area contributed by atoms with Gasteiger partial charge in [0.1, 0.15) is 5.82 Å². The fraction of sp³-hybridized carbons (Fsp3) is 0.562. The Morgan fingerprint density at radius 3 is 2.91 bits per heavy atom. The molecule has 1 aromatic rings. The van der Waals surface area contributed by atoms with Crippen LogP contribution in [-0.4, -0.2) is 32.1 Å². The molecule has 0 radical (unpaired) electrons. The van der Waals surface area contributed by atoms with Crippen molar-refractivity contribution in [3.05, 3.63) is 34.6 Å². The van der Waals surface area contributed by atoms with Gasteiger partial charge in [-0.05, 0) is 17.7 Å². The first-order valence-electron chi connectivity index (χ1n) is 7.54. The smallest absolute Gasteiger partial charge is 0.222 e. The first kappa shape index (κ1) is 20.2. The monoisotopic (exact) mass is 364 g/mol. The number of hydrogen-bond donors (Lipinski definition) is 2. The Labute approximate surface area is 147 Å². The predicted molar refractivity (Wildman–Crippen MR) is 91.6 cm³/mol. The minimum Gasteiger partial charge on any atom is -0.372 e. The topological polar surface area (TPSA) is 50.4 Å². The summed E-state index contributed by atoms with van der Waals surface area (Å²) in [5.74, 6) is -0.480. The van der Waals surface area contributed by atoms with Gasteiger partial charge in [0, 0.05) is 31.5 Å². The van der Waals surface area contributed by atoms with Crippen LogP contribution in [0.3, 0.4) is 0 Å². The van der Waals surface area contributed by atoms with Crippen LogP contribution >= 0.6 is 24.0 Å². The Morgan fingerprint density at radius 1 is 1.52 bits per heavy atom. The molecule has 7 heteroatoms. The van der Waals surface area contributed by atoms with Gasteiger partial charge in [0.15, 0.2) is 0 Å². The summed E-state index contributed by atoms with van der Waals surface area (Å²) >= 11 is 5.74. The van der Waals surface area contributed by atoms with Crippen molar-refractivity contribution >= 4 is 29.9 Å². The summed E-state index contributed by atoms with van der Waals surface area (Å²) in [5, 5.41) is 6.30. The van der Waals surface area contributed by atoms with Crippen LogP contribution in [0, 0.1) is 17.7 Å². The predicted octanol–water partition coefficient (Wildman–Crippen LogP) is 2.95. The number of hydrogen-bond acceptors (Lipinski definition) is 3. The second-order valence-electron chi connectivity index (χ2n) is 5.83. The lowest BCUT2D eigenvalue weighted by Gasteiger charge is -2.26. The van der Waals surface area contributed by atoms with Gasteiger partial charge in [-0.2, -0.15) is 0 Å². The van der Waals surface area contributed by atoms with Gasteiger partial charge >= 0.3 is 0 Å². The van der Waals surface area contributed by atoms with Crippen LogP contribution in [-0.2, 0) is 9.53 Å². The molecule has 2 atom stereocenters. The summed E-state index contributed by atoms with van der Waals surface area (Å²) in [6, 6.07) is 4.73. The van der Waals surface area contributed by atoms with Crippen molar-refractivity contribution in [3.63, 3.8) is 0 Å². The summed E-state index contributed by atoms with van der Waals surface area (Å²) in [7, 11) is 0. The van der Waals surface area contributed by atoms with Crippen molar-refractivity contribution in [1.29, 1.82) is 0 Å². The van der Waals surface area contributed by atoms with Crippen molar-refractivity contribution in [2.75, 3.05) is 26.2 Å². The molecule has 1 aliphatic heterocycles. The van der Waals surface area contributed by atoms with Gasteiger partial charge in [-0.1, -0.05) is 31.5 Å². The molecule has 0 aliphatic carbocycles. The Balaban J connectivity index is 0.00000264. The van der Waals surface area contributed by atoms with E-state index < -0.39 is 5.82 Å². The SMILES string of the molecule is CC(C)C(=O)NC[C@@H]1CNCCO[C@H]1c1ccc(Cl)c(F)c1.Cl. The summed E-state index contributed by atoms with van der Waals surface area (Å²) in [4.78, 5) is 11.8.